The van der Waals surface area contributed by atoms with E-state index in [-0.39, 0.29) is 5.92 Å². The smallest absolute Gasteiger partial charge is 0.326 e. The van der Waals surface area contributed by atoms with E-state index in [9.17, 15) is 15.0 Å². The SMILES string of the molecule is CCCCCC1C(C(=O)O)Nc2ccc(OC)cc2C1O. The molecule has 21 heavy (non-hydrogen) atoms. The summed E-state index contributed by atoms with van der Waals surface area (Å²) in [5.41, 5.74) is 1.38. The Labute approximate surface area is 124 Å². The Morgan fingerprint density at radius 3 is 2.76 bits per heavy atom. The van der Waals surface area contributed by atoms with Gasteiger partial charge in [0.15, 0.2) is 0 Å². The van der Waals surface area contributed by atoms with Gasteiger partial charge in [0, 0.05) is 17.2 Å². The lowest BCUT2D eigenvalue weighted by molar-refractivity contribution is -0.140. The molecule has 0 fully saturated rings. The molecule has 2 rings (SSSR count). The first-order valence-corrected chi connectivity index (χ1v) is 7.43. The Kier molecular flexibility index (Phi) is 5.07. The van der Waals surface area contributed by atoms with E-state index in [2.05, 4.69) is 12.2 Å². The lowest BCUT2D eigenvalue weighted by Crippen LogP contribution is -2.43. The molecule has 116 valence electrons. The molecule has 5 nitrogen and oxygen atoms in total. The van der Waals surface area contributed by atoms with Crippen LogP contribution in [-0.4, -0.2) is 29.3 Å². The number of carbonyl (C=O) groups is 1. The summed E-state index contributed by atoms with van der Waals surface area (Å²) >= 11 is 0. The molecule has 3 atom stereocenters. The number of aliphatic carboxylic acids is 1. The molecule has 0 amide bonds. The van der Waals surface area contributed by atoms with Crippen molar-refractivity contribution in [2.45, 2.75) is 44.8 Å². The van der Waals surface area contributed by atoms with Crippen molar-refractivity contribution in [2.75, 3.05) is 12.4 Å². The van der Waals surface area contributed by atoms with Crippen LogP contribution in [0.4, 0.5) is 5.69 Å². The number of carboxylic acids is 1. The zero-order chi connectivity index (χ0) is 15.4. The number of unbranched alkanes of at least 4 members (excludes halogenated alkanes) is 2. The van der Waals surface area contributed by atoms with Crippen LogP contribution in [0.1, 0.15) is 44.3 Å². The van der Waals surface area contributed by atoms with E-state index in [0.29, 0.717) is 23.4 Å². The minimum atomic E-state index is -0.919. The normalized spacial score (nSPS) is 24.0. The highest BCUT2D eigenvalue weighted by molar-refractivity contribution is 5.80. The maximum atomic E-state index is 11.5. The van der Waals surface area contributed by atoms with Gasteiger partial charge in [0.05, 0.1) is 13.2 Å². The van der Waals surface area contributed by atoms with Gasteiger partial charge in [-0.25, -0.2) is 4.79 Å². The second-order valence-electron chi connectivity index (χ2n) is 5.52. The number of benzene rings is 1. The van der Waals surface area contributed by atoms with Crippen molar-refractivity contribution in [2.24, 2.45) is 5.92 Å². The third-order valence-electron chi connectivity index (χ3n) is 4.13. The molecule has 5 heteroatoms. The maximum absolute atomic E-state index is 11.5. The highest BCUT2D eigenvalue weighted by Crippen LogP contribution is 2.40. The highest BCUT2D eigenvalue weighted by atomic mass is 16.5. The number of rotatable bonds is 6. The van der Waals surface area contributed by atoms with Crippen molar-refractivity contribution in [1.29, 1.82) is 0 Å². The summed E-state index contributed by atoms with van der Waals surface area (Å²) in [6.45, 7) is 2.10. The van der Waals surface area contributed by atoms with Crippen LogP contribution in [0.15, 0.2) is 18.2 Å². The van der Waals surface area contributed by atoms with Gasteiger partial charge in [-0.15, -0.1) is 0 Å². The van der Waals surface area contributed by atoms with Gasteiger partial charge in [0.25, 0.3) is 0 Å². The summed E-state index contributed by atoms with van der Waals surface area (Å²) in [5, 5.41) is 23.1. The molecule has 1 heterocycles. The molecular weight excluding hydrogens is 270 g/mol. The van der Waals surface area contributed by atoms with Crippen molar-refractivity contribution >= 4 is 11.7 Å². The Balaban J connectivity index is 2.27. The second kappa shape index (κ2) is 6.80. The standard InChI is InChI=1S/C16H23NO4/c1-3-4-5-6-11-14(16(19)20)17-13-8-7-10(21-2)9-12(13)15(11)18/h7-9,11,14-15,17-18H,3-6H2,1-2H3,(H,19,20). The molecule has 1 aromatic carbocycles. The van der Waals surface area contributed by atoms with Gasteiger partial charge in [-0.3, -0.25) is 0 Å². The third kappa shape index (κ3) is 3.29. The number of aliphatic hydroxyl groups excluding tert-OH is 1. The Morgan fingerprint density at radius 2 is 2.14 bits per heavy atom. The number of hydrogen-bond acceptors (Lipinski definition) is 4. The summed E-state index contributed by atoms with van der Waals surface area (Å²) in [6, 6.07) is 4.54. The molecule has 0 saturated carbocycles. The van der Waals surface area contributed by atoms with Crippen LogP contribution in [0.2, 0.25) is 0 Å². The quantitative estimate of drug-likeness (QED) is 0.703. The number of methoxy groups -OCH3 is 1. The Morgan fingerprint density at radius 1 is 1.38 bits per heavy atom. The Bertz CT molecular complexity index is 503. The van der Waals surface area contributed by atoms with E-state index in [1.165, 1.54) is 0 Å². The van der Waals surface area contributed by atoms with Crippen LogP contribution < -0.4 is 10.1 Å². The average molecular weight is 293 g/mol. The number of anilines is 1. The molecule has 1 aliphatic rings. The van der Waals surface area contributed by atoms with Gasteiger partial charge in [0.2, 0.25) is 0 Å². The fourth-order valence-electron chi connectivity index (χ4n) is 2.93. The second-order valence-corrected chi connectivity index (χ2v) is 5.52. The molecule has 0 saturated heterocycles. The highest BCUT2D eigenvalue weighted by Gasteiger charge is 2.39. The van der Waals surface area contributed by atoms with E-state index < -0.39 is 18.1 Å². The van der Waals surface area contributed by atoms with Gasteiger partial charge in [0.1, 0.15) is 11.8 Å². The number of aliphatic hydroxyl groups is 1. The molecule has 0 aliphatic carbocycles. The van der Waals surface area contributed by atoms with Crippen LogP contribution in [0, 0.1) is 5.92 Å². The molecule has 1 aliphatic heterocycles. The summed E-state index contributed by atoms with van der Waals surface area (Å²) in [6.07, 6.45) is 2.94. The average Bonchev–Trinajstić information content (AvgIpc) is 2.48. The van der Waals surface area contributed by atoms with Crippen molar-refractivity contribution in [3.63, 3.8) is 0 Å². The third-order valence-corrected chi connectivity index (χ3v) is 4.13. The van der Waals surface area contributed by atoms with E-state index in [0.717, 1.165) is 19.3 Å². The monoisotopic (exact) mass is 293 g/mol. The Hall–Kier alpha value is -1.75. The summed E-state index contributed by atoms with van der Waals surface area (Å²) in [5.74, 6) is -0.582. The molecule has 0 spiro atoms. The number of fused-ring (bicyclic) bond motifs is 1. The van der Waals surface area contributed by atoms with Crippen LogP contribution in [0.25, 0.3) is 0 Å². The predicted octanol–water partition coefficient (Wildman–Crippen LogP) is 2.80. The fourth-order valence-corrected chi connectivity index (χ4v) is 2.93. The van der Waals surface area contributed by atoms with Gasteiger partial charge >= 0.3 is 5.97 Å². The van der Waals surface area contributed by atoms with Gasteiger partial charge in [-0.1, -0.05) is 26.2 Å². The molecular formula is C16H23NO4. The van der Waals surface area contributed by atoms with Crippen LogP contribution in [-0.2, 0) is 4.79 Å². The van der Waals surface area contributed by atoms with Gasteiger partial charge in [-0.05, 0) is 24.6 Å². The maximum Gasteiger partial charge on any atom is 0.326 e. The van der Waals surface area contributed by atoms with Gasteiger partial charge < -0.3 is 20.3 Å². The van der Waals surface area contributed by atoms with E-state index >= 15 is 0 Å². The van der Waals surface area contributed by atoms with Gasteiger partial charge in [-0.2, -0.15) is 0 Å². The number of ether oxygens (including phenoxy) is 1. The van der Waals surface area contributed by atoms with E-state index in [1.54, 1.807) is 25.3 Å². The number of nitrogens with one attached hydrogen (secondary N) is 1. The van der Waals surface area contributed by atoms with Crippen LogP contribution in [0.5, 0.6) is 5.75 Å². The lowest BCUT2D eigenvalue weighted by atomic mass is 9.81. The zero-order valence-electron chi connectivity index (χ0n) is 12.5. The van der Waals surface area contributed by atoms with Crippen molar-refractivity contribution in [1.82, 2.24) is 0 Å². The van der Waals surface area contributed by atoms with Crippen molar-refractivity contribution in [3.05, 3.63) is 23.8 Å². The first-order valence-electron chi connectivity index (χ1n) is 7.43. The summed E-state index contributed by atoms with van der Waals surface area (Å²) in [7, 11) is 1.57. The first kappa shape index (κ1) is 15.6. The predicted molar refractivity (Wildman–Crippen MR) is 80.6 cm³/mol. The van der Waals surface area contributed by atoms with E-state index in [1.807, 2.05) is 0 Å². The molecule has 3 N–H and O–H groups in total. The van der Waals surface area contributed by atoms with Crippen LogP contribution in [0.3, 0.4) is 0 Å². The zero-order valence-corrected chi connectivity index (χ0v) is 12.5. The van der Waals surface area contributed by atoms with Crippen LogP contribution >= 0.6 is 0 Å². The van der Waals surface area contributed by atoms with E-state index in [4.69, 9.17) is 4.74 Å². The molecule has 0 radical (unpaired) electrons. The van der Waals surface area contributed by atoms with Crippen molar-refractivity contribution in [3.8, 4) is 5.75 Å². The first-order chi connectivity index (χ1) is 10.1. The summed E-state index contributed by atoms with van der Waals surface area (Å²) in [4.78, 5) is 11.5. The van der Waals surface area contributed by atoms with Crippen molar-refractivity contribution < 1.29 is 19.7 Å². The summed E-state index contributed by atoms with van der Waals surface area (Å²) < 4.78 is 5.18. The molecule has 3 unspecified atom stereocenters. The molecule has 0 aromatic heterocycles. The molecule has 0 bridgehead atoms. The largest absolute Gasteiger partial charge is 0.497 e. The minimum absolute atomic E-state index is 0.325. The minimum Gasteiger partial charge on any atom is -0.497 e. The topological polar surface area (TPSA) is 78.8 Å². The number of carboxylic acid groups (broad SMARTS) is 1. The number of hydrogen-bond donors (Lipinski definition) is 3. The fraction of sp³-hybridized carbons (Fsp3) is 0.562. The molecule has 1 aromatic rings. The lowest BCUT2D eigenvalue weighted by Gasteiger charge is -2.36.